The van der Waals surface area contributed by atoms with E-state index < -0.39 is 6.29 Å². The minimum atomic E-state index is -0.557. The summed E-state index contributed by atoms with van der Waals surface area (Å²) in [6, 6.07) is 3.22. The van der Waals surface area contributed by atoms with Gasteiger partial charge in [0, 0.05) is 31.6 Å². The van der Waals surface area contributed by atoms with E-state index in [0.717, 1.165) is 5.69 Å². The Bertz CT molecular complexity index is 845. The van der Waals surface area contributed by atoms with E-state index >= 15 is 0 Å². The Labute approximate surface area is 173 Å². The fraction of sp³-hybridized carbons (Fsp3) is 0.450. The maximum atomic E-state index is 12.7. The standard InChI is InChI=1S/C20H24ClNO5S/c1-11(2)15-10-28-20(22-15)16(24)8-14-13(12(3)23)6-7-17(19(14)21)27-9-18(25-4)26-5/h6-7,10-11,18H,8-9H2,1-5H3. The molecule has 0 aliphatic carbocycles. The molecule has 0 aliphatic heterocycles. The van der Waals surface area contributed by atoms with Gasteiger partial charge in [-0.15, -0.1) is 11.3 Å². The molecule has 2 rings (SSSR count). The first-order valence-electron chi connectivity index (χ1n) is 8.77. The summed E-state index contributed by atoms with van der Waals surface area (Å²) in [5, 5.41) is 2.51. The highest BCUT2D eigenvalue weighted by atomic mass is 35.5. The van der Waals surface area contributed by atoms with Crippen molar-refractivity contribution >= 4 is 34.5 Å². The molecule has 0 N–H and O–H groups in total. The van der Waals surface area contributed by atoms with Crippen molar-refractivity contribution in [1.29, 1.82) is 0 Å². The largest absolute Gasteiger partial charge is 0.487 e. The van der Waals surface area contributed by atoms with Gasteiger partial charge in [-0.2, -0.15) is 0 Å². The summed E-state index contributed by atoms with van der Waals surface area (Å²) >= 11 is 7.78. The molecule has 0 amide bonds. The van der Waals surface area contributed by atoms with Crippen LogP contribution in [0.4, 0.5) is 0 Å². The number of rotatable bonds is 10. The molecule has 0 radical (unpaired) electrons. The first-order chi connectivity index (χ1) is 13.3. The summed E-state index contributed by atoms with van der Waals surface area (Å²) in [5.74, 6) is 0.228. The minimum absolute atomic E-state index is 0.0338. The zero-order valence-electron chi connectivity index (χ0n) is 16.6. The van der Waals surface area contributed by atoms with Crippen LogP contribution in [0.15, 0.2) is 17.5 Å². The molecule has 2 aromatic rings. The number of ether oxygens (including phenoxy) is 3. The number of hydrogen-bond acceptors (Lipinski definition) is 7. The van der Waals surface area contributed by atoms with E-state index in [1.807, 2.05) is 19.2 Å². The second-order valence-corrected chi connectivity index (χ2v) is 7.74. The van der Waals surface area contributed by atoms with Crippen molar-refractivity contribution in [3.05, 3.63) is 44.4 Å². The van der Waals surface area contributed by atoms with Crippen LogP contribution in [0, 0.1) is 0 Å². The number of benzene rings is 1. The van der Waals surface area contributed by atoms with Gasteiger partial charge in [-0.05, 0) is 30.5 Å². The van der Waals surface area contributed by atoms with E-state index in [-0.39, 0.29) is 35.5 Å². The van der Waals surface area contributed by atoms with E-state index in [2.05, 4.69) is 4.98 Å². The fourth-order valence-corrected chi connectivity index (χ4v) is 3.72. The summed E-state index contributed by atoms with van der Waals surface area (Å²) in [4.78, 5) is 29.2. The summed E-state index contributed by atoms with van der Waals surface area (Å²) in [5.41, 5.74) is 1.69. The SMILES string of the molecule is COC(COc1ccc(C(C)=O)c(CC(=O)c2nc(C(C)C)cs2)c1Cl)OC. The van der Waals surface area contributed by atoms with Crippen LogP contribution in [0.3, 0.4) is 0 Å². The lowest BCUT2D eigenvalue weighted by Gasteiger charge is -2.17. The Balaban J connectivity index is 2.30. The van der Waals surface area contributed by atoms with Crippen LogP contribution >= 0.6 is 22.9 Å². The highest BCUT2D eigenvalue weighted by molar-refractivity contribution is 7.11. The van der Waals surface area contributed by atoms with Crippen LogP contribution in [-0.2, 0) is 15.9 Å². The smallest absolute Gasteiger partial charge is 0.195 e. The zero-order valence-corrected chi connectivity index (χ0v) is 18.1. The second-order valence-electron chi connectivity index (χ2n) is 6.50. The number of ketones is 2. The summed E-state index contributed by atoms with van der Waals surface area (Å²) in [7, 11) is 3.00. The Morgan fingerprint density at radius 3 is 2.43 bits per heavy atom. The van der Waals surface area contributed by atoms with Gasteiger partial charge in [0.05, 0.1) is 10.7 Å². The van der Waals surface area contributed by atoms with Crippen LogP contribution in [0.5, 0.6) is 5.75 Å². The Morgan fingerprint density at radius 2 is 1.89 bits per heavy atom. The number of Topliss-reactive ketones (excluding diaryl/α,β-unsaturated/α-hetero) is 2. The van der Waals surface area contributed by atoms with Crippen molar-refractivity contribution in [2.45, 2.75) is 39.4 Å². The third kappa shape index (κ3) is 5.38. The first kappa shape index (κ1) is 22.5. The normalized spacial score (nSPS) is 11.3. The van der Waals surface area contributed by atoms with Crippen molar-refractivity contribution < 1.29 is 23.8 Å². The van der Waals surface area contributed by atoms with Gasteiger partial charge in [-0.1, -0.05) is 25.4 Å². The average molecular weight is 426 g/mol. The summed E-state index contributed by atoms with van der Waals surface area (Å²) in [6.07, 6.45) is -0.591. The highest BCUT2D eigenvalue weighted by Gasteiger charge is 2.21. The summed E-state index contributed by atoms with van der Waals surface area (Å²) < 4.78 is 15.8. The van der Waals surface area contributed by atoms with Gasteiger partial charge in [0.25, 0.3) is 0 Å². The molecular weight excluding hydrogens is 402 g/mol. The molecule has 0 saturated carbocycles. The third-order valence-corrected chi connectivity index (χ3v) is 5.49. The fourth-order valence-electron chi connectivity index (χ4n) is 2.52. The lowest BCUT2D eigenvalue weighted by atomic mass is 9.99. The van der Waals surface area contributed by atoms with E-state index in [0.29, 0.717) is 21.9 Å². The summed E-state index contributed by atoms with van der Waals surface area (Å²) in [6.45, 7) is 5.58. The van der Waals surface area contributed by atoms with Crippen LogP contribution < -0.4 is 4.74 Å². The molecule has 28 heavy (non-hydrogen) atoms. The molecule has 0 fully saturated rings. The van der Waals surface area contributed by atoms with Gasteiger partial charge in [0.15, 0.2) is 22.9 Å². The van der Waals surface area contributed by atoms with E-state index in [1.54, 1.807) is 12.1 Å². The van der Waals surface area contributed by atoms with Gasteiger partial charge in [-0.3, -0.25) is 9.59 Å². The maximum Gasteiger partial charge on any atom is 0.195 e. The Kier molecular flexibility index (Phi) is 8.12. The first-order valence-corrected chi connectivity index (χ1v) is 10.0. The van der Waals surface area contributed by atoms with Crippen LogP contribution in [0.2, 0.25) is 5.02 Å². The molecule has 1 aromatic heterocycles. The lowest BCUT2D eigenvalue weighted by molar-refractivity contribution is -0.121. The molecule has 1 heterocycles. The number of methoxy groups -OCH3 is 2. The average Bonchev–Trinajstić information content (AvgIpc) is 3.15. The number of hydrogen-bond donors (Lipinski definition) is 0. The number of thiazole rings is 1. The Hall–Kier alpha value is -1.80. The predicted molar refractivity (Wildman–Crippen MR) is 109 cm³/mol. The van der Waals surface area contributed by atoms with Crippen molar-refractivity contribution in [3.8, 4) is 5.75 Å². The van der Waals surface area contributed by atoms with Crippen LogP contribution in [0.1, 0.15) is 58.1 Å². The van der Waals surface area contributed by atoms with Gasteiger partial charge >= 0.3 is 0 Å². The molecule has 0 spiro atoms. The molecule has 1 aromatic carbocycles. The quantitative estimate of drug-likeness (QED) is 0.410. The molecule has 0 saturated heterocycles. The van der Waals surface area contributed by atoms with Gasteiger partial charge in [0.1, 0.15) is 12.4 Å². The van der Waals surface area contributed by atoms with Crippen molar-refractivity contribution in [1.82, 2.24) is 4.98 Å². The van der Waals surface area contributed by atoms with Crippen molar-refractivity contribution in [3.63, 3.8) is 0 Å². The molecule has 0 atom stereocenters. The molecule has 8 heteroatoms. The lowest BCUT2D eigenvalue weighted by Crippen LogP contribution is -2.22. The number of aromatic nitrogens is 1. The van der Waals surface area contributed by atoms with E-state index in [4.69, 9.17) is 25.8 Å². The van der Waals surface area contributed by atoms with E-state index in [9.17, 15) is 9.59 Å². The van der Waals surface area contributed by atoms with Gasteiger partial charge < -0.3 is 14.2 Å². The maximum absolute atomic E-state index is 12.7. The molecule has 152 valence electrons. The molecule has 0 unspecified atom stereocenters. The van der Waals surface area contributed by atoms with Crippen LogP contribution in [0.25, 0.3) is 0 Å². The molecule has 0 aliphatic rings. The zero-order chi connectivity index (χ0) is 20.8. The molecule has 6 nitrogen and oxygen atoms in total. The predicted octanol–water partition coefficient (Wildman–Crippen LogP) is 4.55. The second kappa shape index (κ2) is 10.1. The number of carbonyl (C=O) groups excluding carboxylic acids is 2. The van der Waals surface area contributed by atoms with Crippen LogP contribution in [-0.4, -0.2) is 43.7 Å². The number of carbonyl (C=O) groups is 2. The van der Waals surface area contributed by atoms with Gasteiger partial charge in [-0.25, -0.2) is 4.98 Å². The number of nitrogens with zero attached hydrogens (tertiary/aromatic N) is 1. The highest BCUT2D eigenvalue weighted by Crippen LogP contribution is 2.33. The van der Waals surface area contributed by atoms with Gasteiger partial charge in [0.2, 0.25) is 0 Å². The molecule has 0 bridgehead atoms. The third-order valence-electron chi connectivity index (χ3n) is 4.18. The Morgan fingerprint density at radius 1 is 1.21 bits per heavy atom. The number of halogens is 1. The topological polar surface area (TPSA) is 74.7 Å². The van der Waals surface area contributed by atoms with Crippen molar-refractivity contribution in [2.24, 2.45) is 0 Å². The van der Waals surface area contributed by atoms with Crippen molar-refractivity contribution in [2.75, 3.05) is 20.8 Å². The monoisotopic (exact) mass is 425 g/mol. The molecular formula is C20H24ClNO5S. The minimum Gasteiger partial charge on any atom is -0.487 e. The van der Waals surface area contributed by atoms with E-state index in [1.165, 1.54) is 32.5 Å².